The van der Waals surface area contributed by atoms with Crippen molar-refractivity contribution < 1.29 is 4.79 Å². The first-order valence-corrected chi connectivity index (χ1v) is 7.23. The molecule has 23 heavy (non-hydrogen) atoms. The minimum Gasteiger partial charge on any atom is -0.322 e. The Morgan fingerprint density at radius 1 is 1.35 bits per heavy atom. The summed E-state index contributed by atoms with van der Waals surface area (Å²) in [7, 11) is 0. The first kappa shape index (κ1) is 14.7. The Morgan fingerprint density at radius 2 is 2.17 bits per heavy atom. The smallest absolute Gasteiger partial charge is 0.256 e. The molecule has 1 aromatic carbocycles. The molecule has 0 aliphatic heterocycles. The number of pyridine rings is 1. The van der Waals surface area contributed by atoms with Gasteiger partial charge >= 0.3 is 0 Å². The predicted molar refractivity (Wildman–Crippen MR) is 87.1 cm³/mol. The average molecular weight is 305 g/mol. The summed E-state index contributed by atoms with van der Waals surface area (Å²) in [5.41, 5.74) is 2.93. The van der Waals surface area contributed by atoms with Crippen molar-refractivity contribution in [3.63, 3.8) is 0 Å². The van der Waals surface area contributed by atoms with Gasteiger partial charge in [0.15, 0.2) is 0 Å². The minimum atomic E-state index is -0.258. The molecule has 0 unspecified atom stereocenters. The SMILES string of the molecule is CC(C)c1c(C(=O)Nc2ccc3cn[nH]c3c2)ccnc1C#N. The molecule has 2 heterocycles. The summed E-state index contributed by atoms with van der Waals surface area (Å²) in [5, 5.41) is 19.9. The third-order valence-corrected chi connectivity index (χ3v) is 3.62. The van der Waals surface area contributed by atoms with Crippen molar-refractivity contribution in [2.75, 3.05) is 5.32 Å². The number of nitrogens with one attached hydrogen (secondary N) is 2. The van der Waals surface area contributed by atoms with Crippen LogP contribution in [0, 0.1) is 11.3 Å². The van der Waals surface area contributed by atoms with E-state index in [-0.39, 0.29) is 17.5 Å². The molecule has 0 spiro atoms. The zero-order valence-electron chi connectivity index (χ0n) is 12.8. The van der Waals surface area contributed by atoms with Crippen LogP contribution < -0.4 is 5.32 Å². The van der Waals surface area contributed by atoms with Crippen LogP contribution in [0.3, 0.4) is 0 Å². The number of rotatable bonds is 3. The maximum Gasteiger partial charge on any atom is 0.256 e. The molecule has 0 aliphatic rings. The molecular weight excluding hydrogens is 290 g/mol. The molecule has 0 bridgehead atoms. The number of carbonyl (C=O) groups excluding carboxylic acids is 1. The Labute approximate surface area is 133 Å². The van der Waals surface area contributed by atoms with E-state index in [1.165, 1.54) is 6.20 Å². The summed E-state index contributed by atoms with van der Waals surface area (Å²) < 4.78 is 0. The number of hydrogen-bond acceptors (Lipinski definition) is 4. The Morgan fingerprint density at radius 3 is 2.91 bits per heavy atom. The van der Waals surface area contributed by atoms with Gasteiger partial charge in [0.25, 0.3) is 5.91 Å². The van der Waals surface area contributed by atoms with Crippen molar-refractivity contribution >= 4 is 22.5 Å². The summed E-state index contributed by atoms with van der Waals surface area (Å²) in [4.78, 5) is 16.7. The molecule has 6 nitrogen and oxygen atoms in total. The van der Waals surface area contributed by atoms with Gasteiger partial charge in [0.1, 0.15) is 11.8 Å². The molecule has 0 saturated carbocycles. The van der Waals surface area contributed by atoms with Crippen LogP contribution in [0.15, 0.2) is 36.7 Å². The van der Waals surface area contributed by atoms with Gasteiger partial charge in [0, 0.05) is 28.4 Å². The summed E-state index contributed by atoms with van der Waals surface area (Å²) in [5.74, 6) is -0.236. The van der Waals surface area contributed by atoms with Gasteiger partial charge in [-0.1, -0.05) is 13.8 Å². The number of nitriles is 1. The number of amides is 1. The van der Waals surface area contributed by atoms with Gasteiger partial charge in [-0.25, -0.2) is 4.98 Å². The highest BCUT2D eigenvalue weighted by molar-refractivity contribution is 6.06. The van der Waals surface area contributed by atoms with E-state index in [1.807, 2.05) is 32.0 Å². The second kappa shape index (κ2) is 5.89. The van der Waals surface area contributed by atoms with E-state index in [9.17, 15) is 10.1 Å². The van der Waals surface area contributed by atoms with Crippen molar-refractivity contribution in [2.24, 2.45) is 0 Å². The van der Waals surface area contributed by atoms with Crippen LogP contribution in [0.1, 0.15) is 41.4 Å². The van der Waals surface area contributed by atoms with E-state index in [0.29, 0.717) is 16.8 Å². The lowest BCUT2D eigenvalue weighted by molar-refractivity contribution is 0.102. The zero-order chi connectivity index (χ0) is 16.4. The normalized spacial score (nSPS) is 10.7. The van der Waals surface area contributed by atoms with Crippen LogP contribution in [0.2, 0.25) is 0 Å². The fraction of sp³-hybridized carbons (Fsp3) is 0.176. The molecule has 0 atom stereocenters. The zero-order valence-corrected chi connectivity index (χ0v) is 12.8. The highest BCUT2D eigenvalue weighted by Gasteiger charge is 2.18. The van der Waals surface area contributed by atoms with E-state index in [2.05, 4.69) is 26.6 Å². The van der Waals surface area contributed by atoms with Crippen molar-refractivity contribution in [1.82, 2.24) is 15.2 Å². The Bertz CT molecular complexity index is 920. The average Bonchev–Trinajstić information content (AvgIpc) is 3.01. The van der Waals surface area contributed by atoms with Gasteiger partial charge in [-0.3, -0.25) is 9.89 Å². The second-order valence-corrected chi connectivity index (χ2v) is 5.51. The second-order valence-electron chi connectivity index (χ2n) is 5.51. The molecule has 0 saturated heterocycles. The number of aromatic amines is 1. The van der Waals surface area contributed by atoms with Gasteiger partial charge < -0.3 is 5.32 Å². The number of hydrogen-bond donors (Lipinski definition) is 2. The van der Waals surface area contributed by atoms with Crippen molar-refractivity contribution in [2.45, 2.75) is 19.8 Å². The summed E-state index contributed by atoms with van der Waals surface area (Å²) in [6, 6.07) is 9.21. The van der Waals surface area contributed by atoms with Gasteiger partial charge in [-0.15, -0.1) is 0 Å². The predicted octanol–water partition coefficient (Wildman–Crippen LogP) is 3.21. The molecule has 3 rings (SSSR count). The maximum absolute atomic E-state index is 12.6. The maximum atomic E-state index is 12.6. The lowest BCUT2D eigenvalue weighted by Gasteiger charge is -2.13. The third kappa shape index (κ3) is 2.77. The number of nitrogens with zero attached hydrogens (tertiary/aromatic N) is 3. The van der Waals surface area contributed by atoms with Crippen LogP contribution >= 0.6 is 0 Å². The van der Waals surface area contributed by atoms with Crippen LogP contribution in [0.4, 0.5) is 5.69 Å². The Hall–Kier alpha value is -3.20. The molecular formula is C17H15N5O. The first-order chi connectivity index (χ1) is 11.1. The van der Waals surface area contributed by atoms with E-state index in [4.69, 9.17) is 0 Å². The van der Waals surface area contributed by atoms with Gasteiger partial charge in [-0.2, -0.15) is 10.4 Å². The Kier molecular flexibility index (Phi) is 3.77. The van der Waals surface area contributed by atoms with Crippen molar-refractivity contribution in [3.05, 3.63) is 53.5 Å². The van der Waals surface area contributed by atoms with Crippen molar-refractivity contribution in [3.8, 4) is 6.07 Å². The Balaban J connectivity index is 1.96. The number of anilines is 1. The lowest BCUT2D eigenvalue weighted by Crippen LogP contribution is -2.16. The fourth-order valence-corrected chi connectivity index (χ4v) is 2.56. The topological polar surface area (TPSA) is 94.5 Å². The number of carbonyl (C=O) groups is 1. The number of fused-ring (bicyclic) bond motifs is 1. The van der Waals surface area contributed by atoms with Crippen molar-refractivity contribution in [1.29, 1.82) is 5.26 Å². The third-order valence-electron chi connectivity index (χ3n) is 3.62. The quantitative estimate of drug-likeness (QED) is 0.776. The van der Waals surface area contributed by atoms with Gasteiger partial charge in [0.05, 0.1) is 11.7 Å². The van der Waals surface area contributed by atoms with Gasteiger partial charge in [0.2, 0.25) is 0 Å². The molecule has 1 amide bonds. The number of benzene rings is 1. The molecule has 0 aliphatic carbocycles. The minimum absolute atomic E-state index is 0.0224. The van der Waals surface area contributed by atoms with Crippen LogP contribution in [0.5, 0.6) is 0 Å². The van der Waals surface area contributed by atoms with Gasteiger partial charge in [-0.05, 0) is 30.2 Å². The summed E-state index contributed by atoms with van der Waals surface area (Å²) in [6.45, 7) is 3.87. The molecule has 114 valence electrons. The van der Waals surface area contributed by atoms with Crippen LogP contribution in [-0.4, -0.2) is 21.1 Å². The van der Waals surface area contributed by atoms with E-state index in [0.717, 1.165) is 10.9 Å². The summed E-state index contributed by atoms with van der Waals surface area (Å²) >= 11 is 0. The number of aromatic nitrogens is 3. The van der Waals surface area contributed by atoms with E-state index in [1.54, 1.807) is 12.3 Å². The summed E-state index contributed by atoms with van der Waals surface area (Å²) in [6.07, 6.45) is 3.21. The fourth-order valence-electron chi connectivity index (χ4n) is 2.56. The first-order valence-electron chi connectivity index (χ1n) is 7.23. The standard InChI is InChI=1S/C17H15N5O/c1-10(2)16-13(5-6-19-15(16)8-18)17(23)21-12-4-3-11-9-20-22-14(11)7-12/h3-7,9-10H,1-2H3,(H,20,22)(H,21,23). The monoisotopic (exact) mass is 305 g/mol. The van der Waals surface area contributed by atoms with E-state index >= 15 is 0 Å². The highest BCUT2D eigenvalue weighted by atomic mass is 16.1. The largest absolute Gasteiger partial charge is 0.322 e. The van der Waals surface area contributed by atoms with Crippen LogP contribution in [-0.2, 0) is 0 Å². The molecule has 2 aromatic heterocycles. The molecule has 0 radical (unpaired) electrons. The van der Waals surface area contributed by atoms with Crippen LogP contribution in [0.25, 0.3) is 10.9 Å². The molecule has 3 aromatic rings. The molecule has 2 N–H and O–H groups in total. The highest BCUT2D eigenvalue weighted by Crippen LogP contribution is 2.24. The lowest BCUT2D eigenvalue weighted by atomic mass is 9.95. The molecule has 6 heteroatoms. The number of H-pyrrole nitrogens is 1. The molecule has 0 fully saturated rings. The van der Waals surface area contributed by atoms with E-state index < -0.39 is 0 Å².